The Balaban J connectivity index is 1.90. The van der Waals surface area contributed by atoms with Gasteiger partial charge in [-0.1, -0.05) is 31.2 Å². The summed E-state index contributed by atoms with van der Waals surface area (Å²) in [6, 6.07) is 20.5. The number of hydrogen-bond donors (Lipinski definition) is 1. The lowest BCUT2D eigenvalue weighted by Gasteiger charge is -2.21. The molecule has 0 saturated heterocycles. The van der Waals surface area contributed by atoms with Crippen molar-refractivity contribution in [2.75, 3.05) is 20.0 Å². The maximum atomic E-state index is 13.0. The van der Waals surface area contributed by atoms with E-state index in [1.165, 1.54) is 24.3 Å². The molecule has 0 saturated carbocycles. The lowest BCUT2D eigenvalue weighted by atomic mass is 9.98. The molecule has 0 spiro atoms. The van der Waals surface area contributed by atoms with Gasteiger partial charge in [-0.2, -0.15) is 0 Å². The van der Waals surface area contributed by atoms with Crippen LogP contribution in [0.25, 0.3) is 0 Å². The maximum Gasteiger partial charge on any atom is 0.252 e. The standard InChI is InChI=1S/C24H25NO5S/c1-4-31(27,28)22-15-9-19(10-16-22)24(26)25-23(17-5-11-20(29-2)12-6-17)18-7-13-21(30-3)14-8-18/h5-16,23H,4H2,1-3H3,(H,25,26). The summed E-state index contributed by atoms with van der Waals surface area (Å²) in [6.07, 6.45) is 0. The highest BCUT2D eigenvalue weighted by molar-refractivity contribution is 7.91. The van der Waals surface area contributed by atoms with Crippen LogP contribution in [0.1, 0.15) is 34.5 Å². The first-order chi connectivity index (χ1) is 14.9. The topological polar surface area (TPSA) is 81.7 Å². The molecular formula is C24H25NO5S. The number of carbonyl (C=O) groups is 1. The van der Waals surface area contributed by atoms with Gasteiger partial charge >= 0.3 is 0 Å². The minimum Gasteiger partial charge on any atom is -0.497 e. The molecule has 0 aliphatic heterocycles. The SMILES string of the molecule is CCS(=O)(=O)c1ccc(C(=O)NC(c2ccc(OC)cc2)c2ccc(OC)cc2)cc1. The van der Waals surface area contributed by atoms with E-state index in [0.717, 1.165) is 22.6 Å². The Bertz CT molecular complexity index is 1070. The summed E-state index contributed by atoms with van der Waals surface area (Å²) in [6.45, 7) is 1.59. The van der Waals surface area contributed by atoms with Gasteiger partial charge in [-0.15, -0.1) is 0 Å². The molecule has 0 heterocycles. The first kappa shape index (κ1) is 22.4. The zero-order valence-corrected chi connectivity index (χ0v) is 18.5. The van der Waals surface area contributed by atoms with E-state index in [1.54, 1.807) is 21.1 Å². The number of ether oxygens (including phenoxy) is 2. The molecule has 0 aromatic heterocycles. The Kier molecular flexibility index (Phi) is 6.97. The molecule has 31 heavy (non-hydrogen) atoms. The maximum absolute atomic E-state index is 13.0. The third-order valence-corrected chi connectivity index (χ3v) is 6.78. The van der Waals surface area contributed by atoms with Crippen LogP contribution in [0.5, 0.6) is 11.5 Å². The first-order valence-corrected chi connectivity index (χ1v) is 11.4. The number of rotatable bonds is 8. The second kappa shape index (κ2) is 9.66. The number of carbonyl (C=O) groups excluding carboxylic acids is 1. The molecule has 1 N–H and O–H groups in total. The molecule has 0 aliphatic rings. The van der Waals surface area contributed by atoms with Gasteiger partial charge in [0.05, 0.1) is 30.9 Å². The number of methoxy groups -OCH3 is 2. The van der Waals surface area contributed by atoms with E-state index in [-0.39, 0.29) is 16.6 Å². The highest BCUT2D eigenvalue weighted by Crippen LogP contribution is 2.26. The van der Waals surface area contributed by atoms with E-state index >= 15 is 0 Å². The van der Waals surface area contributed by atoms with E-state index in [0.29, 0.717) is 5.56 Å². The molecule has 0 aliphatic carbocycles. The van der Waals surface area contributed by atoms with Crippen LogP contribution in [0, 0.1) is 0 Å². The summed E-state index contributed by atoms with van der Waals surface area (Å²) < 4.78 is 34.5. The largest absolute Gasteiger partial charge is 0.497 e. The third-order valence-electron chi connectivity index (χ3n) is 5.03. The summed E-state index contributed by atoms with van der Waals surface area (Å²) in [5.41, 5.74) is 2.14. The van der Waals surface area contributed by atoms with E-state index in [2.05, 4.69) is 5.32 Å². The third kappa shape index (κ3) is 5.24. The lowest BCUT2D eigenvalue weighted by molar-refractivity contribution is 0.0943. The molecule has 0 atom stereocenters. The Morgan fingerprint density at radius 3 is 1.65 bits per heavy atom. The summed E-state index contributed by atoms with van der Waals surface area (Å²) in [4.78, 5) is 13.2. The van der Waals surface area contributed by atoms with Crippen molar-refractivity contribution in [1.82, 2.24) is 5.32 Å². The molecule has 3 aromatic carbocycles. The van der Waals surface area contributed by atoms with Gasteiger partial charge in [-0.3, -0.25) is 4.79 Å². The fraction of sp³-hybridized carbons (Fsp3) is 0.208. The average Bonchev–Trinajstić information content (AvgIpc) is 2.82. The van der Waals surface area contributed by atoms with Crippen LogP contribution in [0.3, 0.4) is 0 Å². The molecular weight excluding hydrogens is 414 g/mol. The van der Waals surface area contributed by atoms with E-state index in [4.69, 9.17) is 9.47 Å². The molecule has 1 amide bonds. The highest BCUT2D eigenvalue weighted by atomic mass is 32.2. The zero-order valence-electron chi connectivity index (χ0n) is 17.7. The number of amides is 1. The number of sulfone groups is 1. The van der Waals surface area contributed by atoms with Gasteiger partial charge in [0, 0.05) is 5.56 Å². The predicted molar refractivity (Wildman–Crippen MR) is 119 cm³/mol. The molecule has 3 aromatic rings. The smallest absolute Gasteiger partial charge is 0.252 e. The van der Waals surface area contributed by atoms with Crippen molar-refractivity contribution < 1.29 is 22.7 Å². The van der Waals surface area contributed by atoms with Crippen molar-refractivity contribution in [3.05, 3.63) is 89.5 Å². The normalized spacial score (nSPS) is 11.2. The average molecular weight is 440 g/mol. The summed E-state index contributed by atoms with van der Waals surface area (Å²) in [5.74, 6) is 1.14. The quantitative estimate of drug-likeness (QED) is 0.573. The predicted octanol–water partition coefficient (Wildman–Crippen LogP) is 4.02. The van der Waals surface area contributed by atoms with Crippen molar-refractivity contribution in [3.63, 3.8) is 0 Å². The monoisotopic (exact) mass is 439 g/mol. The minimum absolute atomic E-state index is 0.00948. The zero-order chi connectivity index (χ0) is 22.4. The highest BCUT2D eigenvalue weighted by Gasteiger charge is 2.19. The van der Waals surface area contributed by atoms with Crippen LogP contribution < -0.4 is 14.8 Å². The van der Waals surface area contributed by atoms with Crippen LogP contribution in [-0.4, -0.2) is 34.3 Å². The van der Waals surface area contributed by atoms with Crippen molar-refractivity contribution >= 4 is 15.7 Å². The van der Waals surface area contributed by atoms with Crippen molar-refractivity contribution in [3.8, 4) is 11.5 Å². The second-order valence-electron chi connectivity index (χ2n) is 6.88. The summed E-state index contributed by atoms with van der Waals surface area (Å²) in [5, 5.41) is 3.04. The molecule has 162 valence electrons. The fourth-order valence-corrected chi connectivity index (χ4v) is 4.03. The van der Waals surface area contributed by atoms with Crippen LogP contribution in [0.15, 0.2) is 77.7 Å². The number of nitrogens with one attached hydrogen (secondary N) is 1. The summed E-state index contributed by atoms with van der Waals surface area (Å²) in [7, 11) is -0.124. The lowest BCUT2D eigenvalue weighted by Crippen LogP contribution is -2.29. The fourth-order valence-electron chi connectivity index (χ4n) is 3.15. The Hall–Kier alpha value is -3.32. The second-order valence-corrected chi connectivity index (χ2v) is 9.16. The van der Waals surface area contributed by atoms with Crippen LogP contribution >= 0.6 is 0 Å². The summed E-state index contributed by atoms with van der Waals surface area (Å²) >= 11 is 0. The molecule has 7 heteroatoms. The molecule has 3 rings (SSSR count). The van der Waals surface area contributed by atoms with E-state index in [9.17, 15) is 13.2 Å². The van der Waals surface area contributed by atoms with Crippen molar-refractivity contribution in [2.45, 2.75) is 17.9 Å². The van der Waals surface area contributed by atoms with Gasteiger partial charge < -0.3 is 14.8 Å². The van der Waals surface area contributed by atoms with Gasteiger partial charge in [-0.25, -0.2) is 8.42 Å². The molecule has 0 unspecified atom stereocenters. The molecule has 6 nitrogen and oxygen atoms in total. The number of benzene rings is 3. The minimum atomic E-state index is -3.32. The van der Waals surface area contributed by atoms with Gasteiger partial charge in [0.1, 0.15) is 11.5 Å². The van der Waals surface area contributed by atoms with Gasteiger partial charge in [0.2, 0.25) is 0 Å². The van der Waals surface area contributed by atoms with Crippen LogP contribution in [0.4, 0.5) is 0 Å². The van der Waals surface area contributed by atoms with E-state index < -0.39 is 15.9 Å². The van der Waals surface area contributed by atoms with Gasteiger partial charge in [-0.05, 0) is 59.7 Å². The van der Waals surface area contributed by atoms with Crippen LogP contribution in [-0.2, 0) is 9.84 Å². The Morgan fingerprint density at radius 1 is 0.806 bits per heavy atom. The van der Waals surface area contributed by atoms with Gasteiger partial charge in [0.25, 0.3) is 5.91 Å². The van der Waals surface area contributed by atoms with Crippen molar-refractivity contribution in [1.29, 1.82) is 0 Å². The van der Waals surface area contributed by atoms with E-state index in [1.807, 2.05) is 48.5 Å². The Labute approximate surface area is 182 Å². The number of hydrogen-bond acceptors (Lipinski definition) is 5. The van der Waals surface area contributed by atoms with Crippen molar-refractivity contribution in [2.24, 2.45) is 0 Å². The van der Waals surface area contributed by atoms with Gasteiger partial charge in [0.15, 0.2) is 9.84 Å². The molecule has 0 bridgehead atoms. The molecule has 0 radical (unpaired) electrons. The Morgan fingerprint density at radius 2 is 1.26 bits per heavy atom. The molecule has 0 fully saturated rings. The first-order valence-electron chi connectivity index (χ1n) is 9.79. The van der Waals surface area contributed by atoms with Crippen LogP contribution in [0.2, 0.25) is 0 Å².